The molecule has 1 heterocycles. The molecular weight excluding hydrogens is 245 g/mol. The van der Waals surface area contributed by atoms with E-state index in [1.54, 1.807) is 7.11 Å². The molecule has 106 valence electrons. The van der Waals surface area contributed by atoms with Gasteiger partial charge in [-0.3, -0.25) is 0 Å². The first kappa shape index (κ1) is 14.4. The third kappa shape index (κ3) is 4.27. The van der Waals surface area contributed by atoms with Crippen molar-refractivity contribution in [1.82, 2.24) is 5.32 Å². The van der Waals surface area contributed by atoms with Gasteiger partial charge in [0.1, 0.15) is 5.82 Å². The molecule has 0 aliphatic carbocycles. The van der Waals surface area contributed by atoms with E-state index >= 15 is 0 Å². The van der Waals surface area contributed by atoms with Crippen molar-refractivity contribution in [2.45, 2.75) is 12.8 Å². The first-order valence-electron chi connectivity index (χ1n) is 6.76. The number of methoxy groups -OCH3 is 1. The molecule has 0 spiro atoms. The SMILES string of the molecule is COCCNCC1(Cc2ccc(F)cc2)CCOC1. The fraction of sp³-hybridized carbons (Fsp3) is 0.600. The lowest BCUT2D eigenvalue weighted by atomic mass is 9.81. The van der Waals surface area contributed by atoms with Crippen LogP contribution in [-0.4, -0.2) is 40.0 Å². The van der Waals surface area contributed by atoms with Gasteiger partial charge in [-0.05, 0) is 30.5 Å². The van der Waals surface area contributed by atoms with Crippen molar-refractivity contribution < 1.29 is 13.9 Å². The molecule has 1 atom stereocenters. The number of hydrogen-bond acceptors (Lipinski definition) is 3. The zero-order chi connectivity index (χ0) is 13.6. The van der Waals surface area contributed by atoms with Gasteiger partial charge < -0.3 is 14.8 Å². The monoisotopic (exact) mass is 267 g/mol. The van der Waals surface area contributed by atoms with E-state index in [0.717, 1.165) is 39.1 Å². The summed E-state index contributed by atoms with van der Waals surface area (Å²) in [5.41, 5.74) is 1.30. The van der Waals surface area contributed by atoms with Crippen LogP contribution in [0, 0.1) is 11.2 Å². The predicted octanol–water partition coefficient (Wildman–Crippen LogP) is 2.01. The number of halogens is 1. The Balaban J connectivity index is 1.93. The lowest BCUT2D eigenvalue weighted by Gasteiger charge is -2.28. The minimum absolute atomic E-state index is 0.131. The minimum Gasteiger partial charge on any atom is -0.383 e. The van der Waals surface area contributed by atoms with E-state index in [-0.39, 0.29) is 11.2 Å². The molecule has 1 aliphatic heterocycles. The van der Waals surface area contributed by atoms with Crippen molar-refractivity contribution in [2.75, 3.05) is 40.0 Å². The summed E-state index contributed by atoms with van der Waals surface area (Å²) < 4.78 is 23.5. The molecule has 0 amide bonds. The van der Waals surface area contributed by atoms with Crippen LogP contribution in [0.3, 0.4) is 0 Å². The number of ether oxygens (including phenoxy) is 2. The summed E-state index contributed by atoms with van der Waals surface area (Å²) in [6, 6.07) is 6.78. The molecule has 19 heavy (non-hydrogen) atoms. The molecule has 1 aromatic carbocycles. The molecule has 1 N–H and O–H groups in total. The Morgan fingerprint density at radius 3 is 2.79 bits per heavy atom. The highest BCUT2D eigenvalue weighted by Crippen LogP contribution is 2.32. The molecule has 0 saturated carbocycles. The van der Waals surface area contributed by atoms with Gasteiger partial charge in [-0.25, -0.2) is 4.39 Å². The van der Waals surface area contributed by atoms with Crippen LogP contribution >= 0.6 is 0 Å². The Morgan fingerprint density at radius 1 is 1.37 bits per heavy atom. The minimum atomic E-state index is -0.182. The molecule has 1 aromatic rings. The fourth-order valence-electron chi connectivity index (χ4n) is 2.55. The zero-order valence-electron chi connectivity index (χ0n) is 11.5. The van der Waals surface area contributed by atoms with Crippen LogP contribution in [0.15, 0.2) is 24.3 Å². The molecule has 1 aliphatic rings. The van der Waals surface area contributed by atoms with Crippen molar-refractivity contribution in [2.24, 2.45) is 5.41 Å². The van der Waals surface area contributed by atoms with E-state index in [4.69, 9.17) is 9.47 Å². The van der Waals surface area contributed by atoms with Crippen molar-refractivity contribution in [3.8, 4) is 0 Å². The van der Waals surface area contributed by atoms with E-state index < -0.39 is 0 Å². The van der Waals surface area contributed by atoms with Crippen molar-refractivity contribution in [3.05, 3.63) is 35.6 Å². The van der Waals surface area contributed by atoms with E-state index in [1.807, 2.05) is 12.1 Å². The van der Waals surface area contributed by atoms with Gasteiger partial charge in [0.25, 0.3) is 0 Å². The van der Waals surface area contributed by atoms with Crippen LogP contribution in [-0.2, 0) is 15.9 Å². The third-order valence-electron chi connectivity index (χ3n) is 3.66. The zero-order valence-corrected chi connectivity index (χ0v) is 11.5. The number of hydrogen-bond donors (Lipinski definition) is 1. The van der Waals surface area contributed by atoms with Crippen LogP contribution in [0.4, 0.5) is 4.39 Å². The number of benzene rings is 1. The average molecular weight is 267 g/mol. The smallest absolute Gasteiger partial charge is 0.123 e. The Labute approximate surface area is 114 Å². The number of rotatable bonds is 7. The lowest BCUT2D eigenvalue weighted by Crippen LogP contribution is -2.38. The summed E-state index contributed by atoms with van der Waals surface area (Å²) in [5.74, 6) is -0.182. The van der Waals surface area contributed by atoms with Crippen LogP contribution in [0.2, 0.25) is 0 Å². The summed E-state index contributed by atoms with van der Waals surface area (Å²) in [5, 5.41) is 3.42. The van der Waals surface area contributed by atoms with Crippen molar-refractivity contribution >= 4 is 0 Å². The molecule has 2 rings (SSSR count). The van der Waals surface area contributed by atoms with Gasteiger partial charge >= 0.3 is 0 Å². The highest BCUT2D eigenvalue weighted by Gasteiger charge is 2.34. The summed E-state index contributed by atoms with van der Waals surface area (Å²) in [6.07, 6.45) is 1.97. The Hall–Kier alpha value is -0.970. The molecule has 0 bridgehead atoms. The summed E-state index contributed by atoms with van der Waals surface area (Å²) >= 11 is 0. The summed E-state index contributed by atoms with van der Waals surface area (Å²) in [4.78, 5) is 0. The second-order valence-corrected chi connectivity index (χ2v) is 5.28. The fourth-order valence-corrected chi connectivity index (χ4v) is 2.55. The summed E-state index contributed by atoms with van der Waals surface area (Å²) in [7, 11) is 1.70. The van der Waals surface area contributed by atoms with E-state index in [1.165, 1.54) is 17.7 Å². The molecule has 1 saturated heterocycles. The van der Waals surface area contributed by atoms with Gasteiger partial charge in [0.15, 0.2) is 0 Å². The first-order valence-corrected chi connectivity index (χ1v) is 6.76. The largest absolute Gasteiger partial charge is 0.383 e. The Bertz CT molecular complexity index is 374. The maximum Gasteiger partial charge on any atom is 0.123 e. The van der Waals surface area contributed by atoms with Crippen LogP contribution in [0.5, 0.6) is 0 Å². The molecule has 1 fully saturated rings. The highest BCUT2D eigenvalue weighted by molar-refractivity contribution is 5.18. The maximum absolute atomic E-state index is 12.9. The Morgan fingerprint density at radius 2 is 2.16 bits per heavy atom. The lowest BCUT2D eigenvalue weighted by molar-refractivity contribution is 0.145. The van der Waals surface area contributed by atoms with Crippen molar-refractivity contribution in [1.29, 1.82) is 0 Å². The molecule has 1 unspecified atom stereocenters. The second kappa shape index (κ2) is 6.98. The highest BCUT2D eigenvalue weighted by atomic mass is 19.1. The molecule has 4 heteroatoms. The van der Waals surface area contributed by atoms with E-state index in [9.17, 15) is 4.39 Å². The van der Waals surface area contributed by atoms with Crippen LogP contribution < -0.4 is 5.32 Å². The van der Waals surface area contributed by atoms with Crippen molar-refractivity contribution in [3.63, 3.8) is 0 Å². The van der Waals surface area contributed by atoms with E-state index in [2.05, 4.69) is 5.32 Å². The maximum atomic E-state index is 12.9. The standard InChI is InChI=1S/C15H22FNO2/c1-18-9-7-17-11-15(6-8-19-12-15)10-13-2-4-14(16)5-3-13/h2-5,17H,6-12H2,1H3. The third-order valence-corrected chi connectivity index (χ3v) is 3.66. The van der Waals surface area contributed by atoms with Gasteiger partial charge in [-0.2, -0.15) is 0 Å². The average Bonchev–Trinajstić information content (AvgIpc) is 2.87. The molecule has 0 radical (unpaired) electrons. The molecule has 3 nitrogen and oxygen atoms in total. The molecular formula is C15H22FNO2. The normalized spacial score (nSPS) is 22.8. The van der Waals surface area contributed by atoms with E-state index in [0.29, 0.717) is 6.61 Å². The van der Waals surface area contributed by atoms with Gasteiger partial charge in [0.05, 0.1) is 13.2 Å². The second-order valence-electron chi connectivity index (χ2n) is 5.28. The molecule has 0 aromatic heterocycles. The first-order chi connectivity index (χ1) is 9.24. The van der Waals surface area contributed by atoms with Crippen LogP contribution in [0.25, 0.3) is 0 Å². The quantitative estimate of drug-likeness (QED) is 0.767. The van der Waals surface area contributed by atoms with Crippen LogP contribution in [0.1, 0.15) is 12.0 Å². The van der Waals surface area contributed by atoms with Gasteiger partial charge in [-0.1, -0.05) is 12.1 Å². The number of nitrogens with one attached hydrogen (secondary N) is 1. The topological polar surface area (TPSA) is 30.5 Å². The summed E-state index contributed by atoms with van der Waals surface area (Å²) in [6.45, 7) is 4.06. The predicted molar refractivity (Wildman–Crippen MR) is 72.7 cm³/mol. The van der Waals surface area contributed by atoms with Gasteiger partial charge in [-0.15, -0.1) is 0 Å². The van der Waals surface area contributed by atoms with Gasteiger partial charge in [0, 0.05) is 32.2 Å². The Kier molecular flexibility index (Phi) is 5.31. The van der Waals surface area contributed by atoms with Gasteiger partial charge in [0.2, 0.25) is 0 Å².